The normalized spacial score (nSPS) is 15.7. The highest BCUT2D eigenvalue weighted by molar-refractivity contribution is 5.93. The molecule has 0 aliphatic carbocycles. The molecule has 0 aromatic heterocycles. The minimum atomic E-state index is -0.188. The molecule has 0 atom stereocenters. The highest BCUT2D eigenvalue weighted by Gasteiger charge is 2.21. The minimum Gasteiger partial charge on any atom is -0.492 e. The summed E-state index contributed by atoms with van der Waals surface area (Å²) in [6.45, 7) is 7.49. The smallest absolute Gasteiger partial charge is 0.224 e. The number of piperazine rings is 1. The van der Waals surface area contributed by atoms with Gasteiger partial charge in [0.2, 0.25) is 11.8 Å². The van der Waals surface area contributed by atoms with Gasteiger partial charge >= 0.3 is 0 Å². The molecule has 8 nitrogen and oxygen atoms in total. The van der Waals surface area contributed by atoms with Crippen molar-refractivity contribution in [2.24, 2.45) is 0 Å². The zero-order chi connectivity index (χ0) is 23.0. The Morgan fingerprint density at radius 2 is 1.67 bits per heavy atom. The summed E-state index contributed by atoms with van der Waals surface area (Å²) in [4.78, 5) is 29.0. The largest absolute Gasteiger partial charge is 0.492 e. The van der Waals surface area contributed by atoms with E-state index in [-0.39, 0.29) is 24.7 Å². The molecule has 2 aliphatic heterocycles. The first-order chi connectivity index (χ1) is 16.1. The van der Waals surface area contributed by atoms with Crippen molar-refractivity contribution in [2.45, 2.75) is 19.8 Å². The number of nitrogens with one attached hydrogen (secondary N) is 1. The zero-order valence-electron chi connectivity index (χ0n) is 19.0. The molecule has 2 amide bonds. The quantitative estimate of drug-likeness (QED) is 0.662. The number of amides is 2. The van der Waals surface area contributed by atoms with Crippen molar-refractivity contribution in [3.8, 4) is 17.2 Å². The Balaban J connectivity index is 1.13. The van der Waals surface area contributed by atoms with Crippen LogP contribution in [0.1, 0.15) is 18.4 Å². The summed E-state index contributed by atoms with van der Waals surface area (Å²) in [5.41, 5.74) is 1.85. The number of carbonyl (C=O) groups is 2. The number of ether oxygens (including phenoxy) is 3. The number of aryl methyl sites for hydroxylation is 1. The number of rotatable bonds is 8. The molecule has 176 valence electrons. The molecule has 4 rings (SSSR count). The van der Waals surface area contributed by atoms with E-state index in [4.69, 9.17) is 14.2 Å². The van der Waals surface area contributed by atoms with Crippen LogP contribution >= 0.6 is 0 Å². The summed E-state index contributed by atoms with van der Waals surface area (Å²) in [5.74, 6) is 2.01. The molecule has 0 radical (unpaired) electrons. The van der Waals surface area contributed by atoms with Crippen LogP contribution < -0.4 is 19.5 Å². The fourth-order valence-electron chi connectivity index (χ4n) is 3.87. The number of hydrogen-bond donors (Lipinski definition) is 1. The van der Waals surface area contributed by atoms with E-state index in [1.54, 1.807) is 18.2 Å². The van der Waals surface area contributed by atoms with Crippen LogP contribution in [-0.4, -0.2) is 74.2 Å². The Hall–Kier alpha value is -3.26. The zero-order valence-corrected chi connectivity index (χ0v) is 19.0. The van der Waals surface area contributed by atoms with Crippen LogP contribution in [0.25, 0.3) is 0 Å². The predicted octanol–water partition coefficient (Wildman–Crippen LogP) is 2.71. The second-order valence-corrected chi connectivity index (χ2v) is 8.29. The first kappa shape index (κ1) is 22.9. The van der Waals surface area contributed by atoms with Gasteiger partial charge in [0.25, 0.3) is 0 Å². The summed E-state index contributed by atoms with van der Waals surface area (Å²) in [6.07, 6.45) is 0.352. The molecule has 2 heterocycles. The van der Waals surface area contributed by atoms with Crippen LogP contribution in [0.3, 0.4) is 0 Å². The second kappa shape index (κ2) is 11.0. The Morgan fingerprint density at radius 3 is 2.42 bits per heavy atom. The Labute approximate surface area is 194 Å². The van der Waals surface area contributed by atoms with Gasteiger partial charge in [0, 0.05) is 57.3 Å². The lowest BCUT2D eigenvalue weighted by atomic mass is 10.2. The average molecular weight is 454 g/mol. The first-order valence-corrected chi connectivity index (χ1v) is 11.5. The van der Waals surface area contributed by atoms with Crippen molar-refractivity contribution in [1.29, 1.82) is 0 Å². The molecule has 33 heavy (non-hydrogen) atoms. The van der Waals surface area contributed by atoms with Gasteiger partial charge in [0.1, 0.15) is 25.6 Å². The number of anilines is 1. The topological polar surface area (TPSA) is 80.3 Å². The lowest BCUT2D eigenvalue weighted by Crippen LogP contribution is -2.49. The van der Waals surface area contributed by atoms with Gasteiger partial charge in [0.15, 0.2) is 11.5 Å². The van der Waals surface area contributed by atoms with Crippen molar-refractivity contribution in [3.05, 3.63) is 48.0 Å². The van der Waals surface area contributed by atoms with Crippen LogP contribution in [-0.2, 0) is 9.59 Å². The summed E-state index contributed by atoms with van der Waals surface area (Å²) >= 11 is 0. The highest BCUT2D eigenvalue weighted by Crippen LogP contribution is 2.32. The molecule has 0 spiro atoms. The van der Waals surface area contributed by atoms with Crippen LogP contribution in [0.2, 0.25) is 0 Å². The highest BCUT2D eigenvalue weighted by atomic mass is 16.6. The van der Waals surface area contributed by atoms with Crippen molar-refractivity contribution in [1.82, 2.24) is 9.80 Å². The monoisotopic (exact) mass is 453 g/mol. The molecule has 8 heteroatoms. The van der Waals surface area contributed by atoms with Crippen LogP contribution in [0.4, 0.5) is 5.69 Å². The second-order valence-electron chi connectivity index (χ2n) is 8.29. The van der Waals surface area contributed by atoms with E-state index >= 15 is 0 Å². The average Bonchev–Trinajstić information content (AvgIpc) is 2.84. The van der Waals surface area contributed by atoms with Crippen molar-refractivity contribution in [3.63, 3.8) is 0 Å². The Kier molecular flexibility index (Phi) is 7.67. The van der Waals surface area contributed by atoms with Crippen molar-refractivity contribution in [2.75, 3.05) is 57.9 Å². The summed E-state index contributed by atoms with van der Waals surface area (Å²) in [5, 5.41) is 2.83. The molecule has 2 aliphatic rings. The third-order valence-electron chi connectivity index (χ3n) is 5.81. The van der Waals surface area contributed by atoms with Crippen molar-refractivity contribution < 1.29 is 23.8 Å². The van der Waals surface area contributed by atoms with Gasteiger partial charge in [-0.05, 0) is 31.2 Å². The molecule has 1 N–H and O–H groups in total. The maximum atomic E-state index is 12.5. The van der Waals surface area contributed by atoms with Gasteiger partial charge < -0.3 is 24.4 Å². The van der Waals surface area contributed by atoms with E-state index in [0.29, 0.717) is 50.1 Å². The maximum absolute atomic E-state index is 12.5. The van der Waals surface area contributed by atoms with E-state index in [0.717, 1.165) is 25.4 Å². The van der Waals surface area contributed by atoms with Gasteiger partial charge in [-0.3, -0.25) is 14.5 Å². The third-order valence-corrected chi connectivity index (χ3v) is 5.81. The number of fused-ring (bicyclic) bond motifs is 1. The lowest BCUT2D eigenvalue weighted by Gasteiger charge is -2.34. The summed E-state index contributed by atoms with van der Waals surface area (Å²) in [6, 6.07) is 13.3. The van der Waals surface area contributed by atoms with E-state index in [9.17, 15) is 9.59 Å². The van der Waals surface area contributed by atoms with Gasteiger partial charge in [-0.1, -0.05) is 17.7 Å². The maximum Gasteiger partial charge on any atom is 0.224 e. The van der Waals surface area contributed by atoms with E-state index in [1.807, 2.05) is 29.2 Å². The van der Waals surface area contributed by atoms with Crippen LogP contribution in [0.5, 0.6) is 17.2 Å². The molecule has 1 fully saturated rings. The van der Waals surface area contributed by atoms with E-state index in [1.165, 1.54) is 5.56 Å². The SMILES string of the molecule is Cc1ccc(OCCN2CCN(C(=O)CCC(=O)Nc3ccc4c(c3)OCCO4)CC2)cc1. The molecule has 2 aromatic rings. The van der Waals surface area contributed by atoms with Crippen molar-refractivity contribution >= 4 is 17.5 Å². The summed E-state index contributed by atoms with van der Waals surface area (Å²) < 4.78 is 16.8. The molecule has 2 aromatic carbocycles. The number of carbonyl (C=O) groups excluding carboxylic acids is 2. The first-order valence-electron chi connectivity index (χ1n) is 11.5. The van der Waals surface area contributed by atoms with Gasteiger partial charge in [-0.2, -0.15) is 0 Å². The number of hydrogen-bond acceptors (Lipinski definition) is 6. The van der Waals surface area contributed by atoms with E-state index < -0.39 is 0 Å². The van der Waals surface area contributed by atoms with Gasteiger partial charge in [-0.15, -0.1) is 0 Å². The Bertz CT molecular complexity index is 955. The molecule has 0 unspecified atom stereocenters. The Morgan fingerprint density at radius 1 is 0.939 bits per heavy atom. The van der Waals surface area contributed by atoms with Gasteiger partial charge in [-0.25, -0.2) is 0 Å². The third kappa shape index (κ3) is 6.61. The van der Waals surface area contributed by atoms with Crippen LogP contribution in [0.15, 0.2) is 42.5 Å². The van der Waals surface area contributed by atoms with Crippen LogP contribution in [0, 0.1) is 6.92 Å². The molecular weight excluding hydrogens is 422 g/mol. The van der Waals surface area contributed by atoms with Gasteiger partial charge in [0.05, 0.1) is 0 Å². The minimum absolute atomic E-state index is 0.0166. The summed E-state index contributed by atoms with van der Waals surface area (Å²) in [7, 11) is 0. The number of benzene rings is 2. The molecule has 1 saturated heterocycles. The number of nitrogens with zero attached hydrogens (tertiary/aromatic N) is 2. The molecular formula is C25H31N3O5. The fourth-order valence-corrected chi connectivity index (χ4v) is 3.87. The molecule has 0 bridgehead atoms. The lowest BCUT2D eigenvalue weighted by molar-refractivity contribution is -0.134. The predicted molar refractivity (Wildman–Crippen MR) is 125 cm³/mol. The molecule has 0 saturated carbocycles. The standard InChI is InChI=1S/C25H31N3O5/c1-19-2-5-21(6-3-19)31-15-14-27-10-12-28(13-11-27)25(30)9-8-24(29)26-20-4-7-22-23(18-20)33-17-16-32-22/h2-7,18H,8-17H2,1H3,(H,26,29). The fraction of sp³-hybridized carbons (Fsp3) is 0.440. The van der Waals surface area contributed by atoms with E-state index in [2.05, 4.69) is 17.1 Å².